The van der Waals surface area contributed by atoms with Crippen LogP contribution in [-0.4, -0.2) is 0 Å². The quantitative estimate of drug-likeness (QED) is 0.490. The number of rotatable bonds is 0. The van der Waals surface area contributed by atoms with E-state index >= 15 is 0 Å². The summed E-state index contributed by atoms with van der Waals surface area (Å²) in [7, 11) is 0. The predicted molar refractivity (Wildman–Crippen MR) is 30.0 cm³/mol. The Bertz CT molecular complexity index is 223. The van der Waals surface area contributed by atoms with Crippen molar-refractivity contribution in [3.05, 3.63) is 28.8 Å². The van der Waals surface area contributed by atoms with E-state index in [1.165, 1.54) is 12.1 Å². The van der Waals surface area contributed by atoms with Gasteiger partial charge in [0.2, 0.25) is 0 Å². The summed E-state index contributed by atoms with van der Waals surface area (Å²) >= 11 is 5.33. The average molecular weight is 128 g/mol. The van der Waals surface area contributed by atoms with Crippen LogP contribution in [0.5, 0.6) is 0 Å². The molecule has 0 saturated carbocycles. The smallest absolute Gasteiger partial charge is 0.346 e. The van der Waals surface area contributed by atoms with Crippen LogP contribution in [0, 0.1) is 6.57 Å². The van der Waals surface area contributed by atoms with E-state index in [1.54, 1.807) is 0 Å². The van der Waals surface area contributed by atoms with Gasteiger partial charge in [0, 0.05) is 0 Å². The van der Waals surface area contributed by atoms with Crippen molar-refractivity contribution in [3.63, 3.8) is 0 Å². The number of hydrogen-bond acceptors (Lipinski definition) is 1. The Morgan fingerprint density at radius 3 is 2.62 bits per heavy atom. The maximum absolute atomic E-state index is 6.43. The molecule has 0 saturated heterocycles. The Morgan fingerprint density at radius 2 is 2.38 bits per heavy atom. The average Bonchev–Trinajstić information content (AvgIpc) is 2.14. The molecule has 0 aromatic carbocycles. The summed E-state index contributed by atoms with van der Waals surface area (Å²) in [5.74, 6) is 0.231. The zero-order valence-electron chi connectivity index (χ0n) is 3.89. The van der Waals surface area contributed by atoms with Gasteiger partial charge in [-0.15, -0.1) is 0 Å². The van der Waals surface area contributed by atoms with E-state index in [0.29, 0.717) is 0 Å². The minimum absolute atomic E-state index is 0.231. The highest BCUT2D eigenvalue weighted by Gasteiger charge is 1.93. The number of halogens is 1. The summed E-state index contributed by atoms with van der Waals surface area (Å²) in [5.41, 5.74) is 0. The second-order valence-electron chi connectivity index (χ2n) is 1.19. The second-order valence-corrected chi connectivity index (χ2v) is 1.56. The van der Waals surface area contributed by atoms with E-state index in [9.17, 15) is 0 Å². The van der Waals surface area contributed by atoms with Crippen LogP contribution in [0.1, 0.15) is 0 Å². The van der Waals surface area contributed by atoms with Gasteiger partial charge in [-0.2, -0.15) is 4.85 Å². The normalized spacial score (nSPS) is 8.50. The summed E-state index contributed by atoms with van der Waals surface area (Å²) in [5, 5.41) is 0.260. The van der Waals surface area contributed by atoms with E-state index in [0.717, 1.165) is 0 Å². The molecule has 0 spiro atoms. The zero-order valence-corrected chi connectivity index (χ0v) is 4.64. The molecule has 8 heavy (non-hydrogen) atoms. The van der Waals surface area contributed by atoms with Crippen molar-refractivity contribution in [2.75, 3.05) is 0 Å². The van der Waals surface area contributed by atoms with Gasteiger partial charge in [-0.3, -0.25) is 0 Å². The first-order valence-electron chi connectivity index (χ1n) is 1.96. The molecule has 0 bridgehead atoms. The van der Waals surface area contributed by atoms with Gasteiger partial charge in [-0.1, -0.05) is 0 Å². The minimum atomic E-state index is 0.231. The number of furan rings is 1. The monoisotopic (exact) mass is 127 g/mol. The fraction of sp³-hybridized carbons (Fsp3) is 0. The van der Waals surface area contributed by atoms with Crippen LogP contribution in [0.3, 0.4) is 0 Å². The van der Waals surface area contributed by atoms with Crippen molar-refractivity contribution in [2.45, 2.75) is 0 Å². The van der Waals surface area contributed by atoms with Gasteiger partial charge < -0.3 is 4.42 Å². The first kappa shape index (κ1) is 5.20. The first-order chi connectivity index (χ1) is 3.83. The van der Waals surface area contributed by atoms with Crippen LogP contribution in [0.15, 0.2) is 16.5 Å². The molecule has 0 aliphatic heterocycles. The molecule has 0 aliphatic rings. The Balaban J connectivity index is 3.05. The van der Waals surface area contributed by atoms with E-state index in [1.807, 2.05) is 0 Å². The van der Waals surface area contributed by atoms with Crippen LogP contribution >= 0.6 is 11.6 Å². The van der Waals surface area contributed by atoms with Crippen LogP contribution < -0.4 is 0 Å². The van der Waals surface area contributed by atoms with Gasteiger partial charge in [0.05, 0.1) is 6.57 Å². The lowest BCUT2D eigenvalue weighted by Crippen LogP contribution is -1.38. The third-order valence-corrected chi connectivity index (χ3v) is 0.872. The van der Waals surface area contributed by atoms with Gasteiger partial charge in [0.25, 0.3) is 0 Å². The standard InChI is InChI=1S/C5H2ClNO/c1-7-5-3-2-4(6)8-5/h2-3H. The van der Waals surface area contributed by atoms with Gasteiger partial charge in [0.15, 0.2) is 5.22 Å². The molecule has 0 N–H and O–H groups in total. The minimum Gasteiger partial charge on any atom is -0.470 e. The maximum Gasteiger partial charge on any atom is 0.346 e. The van der Waals surface area contributed by atoms with Crippen molar-refractivity contribution in [3.8, 4) is 0 Å². The molecule has 0 amide bonds. The first-order valence-corrected chi connectivity index (χ1v) is 2.33. The van der Waals surface area contributed by atoms with E-state index in [2.05, 4.69) is 9.26 Å². The van der Waals surface area contributed by atoms with Crippen LogP contribution in [0.2, 0.25) is 5.22 Å². The van der Waals surface area contributed by atoms with Gasteiger partial charge in [-0.25, -0.2) is 0 Å². The molecule has 1 aromatic rings. The second kappa shape index (κ2) is 1.89. The third kappa shape index (κ3) is 0.824. The molecular weight excluding hydrogens is 126 g/mol. The highest BCUT2D eigenvalue weighted by Crippen LogP contribution is 2.19. The summed E-state index contributed by atoms with van der Waals surface area (Å²) in [4.78, 5) is 2.99. The van der Waals surface area contributed by atoms with Crippen LogP contribution in [-0.2, 0) is 0 Å². The molecule has 0 radical (unpaired) electrons. The maximum atomic E-state index is 6.43. The Kier molecular flexibility index (Phi) is 1.23. The van der Waals surface area contributed by atoms with Crippen LogP contribution in [0.25, 0.3) is 4.85 Å². The molecule has 3 heteroatoms. The van der Waals surface area contributed by atoms with Crippen LogP contribution in [0.4, 0.5) is 5.88 Å². The van der Waals surface area contributed by atoms with Gasteiger partial charge >= 0.3 is 5.88 Å². The fourth-order valence-corrected chi connectivity index (χ4v) is 0.507. The molecule has 40 valence electrons. The number of hydrogen-bond donors (Lipinski definition) is 0. The molecule has 0 fully saturated rings. The van der Waals surface area contributed by atoms with E-state index < -0.39 is 0 Å². The van der Waals surface area contributed by atoms with Gasteiger partial charge in [0.1, 0.15) is 0 Å². The molecule has 1 aromatic heterocycles. The molecule has 0 aliphatic carbocycles. The van der Waals surface area contributed by atoms with E-state index in [4.69, 9.17) is 18.2 Å². The zero-order chi connectivity index (χ0) is 5.98. The molecule has 2 nitrogen and oxygen atoms in total. The lowest BCUT2D eigenvalue weighted by molar-refractivity contribution is 0.594. The van der Waals surface area contributed by atoms with Gasteiger partial charge in [-0.05, 0) is 23.7 Å². The topological polar surface area (TPSA) is 17.5 Å². The van der Waals surface area contributed by atoms with Crippen molar-refractivity contribution in [2.24, 2.45) is 0 Å². The summed E-state index contributed by atoms with van der Waals surface area (Å²) in [6, 6.07) is 3.06. The largest absolute Gasteiger partial charge is 0.470 e. The SMILES string of the molecule is [C-]#[N+]c1ccc(Cl)o1. The molecular formula is C5H2ClNO. The summed E-state index contributed by atoms with van der Waals surface area (Å²) in [6.45, 7) is 6.43. The fourth-order valence-electron chi connectivity index (χ4n) is 0.365. The lowest BCUT2D eigenvalue weighted by Gasteiger charge is -1.73. The molecule has 1 heterocycles. The van der Waals surface area contributed by atoms with Crippen molar-refractivity contribution < 1.29 is 4.42 Å². The molecule has 1 rings (SSSR count). The summed E-state index contributed by atoms with van der Waals surface area (Å²) < 4.78 is 4.64. The van der Waals surface area contributed by atoms with E-state index in [-0.39, 0.29) is 11.1 Å². The van der Waals surface area contributed by atoms with Crippen molar-refractivity contribution in [1.82, 2.24) is 0 Å². The number of nitrogens with zero attached hydrogens (tertiary/aromatic N) is 1. The van der Waals surface area contributed by atoms with Crippen molar-refractivity contribution in [1.29, 1.82) is 0 Å². The summed E-state index contributed by atoms with van der Waals surface area (Å²) in [6.07, 6.45) is 0. The third-order valence-electron chi connectivity index (χ3n) is 0.669. The highest BCUT2D eigenvalue weighted by atomic mass is 35.5. The molecule has 0 atom stereocenters. The van der Waals surface area contributed by atoms with Crippen molar-refractivity contribution >= 4 is 17.5 Å². The Hall–Kier alpha value is -0.940. The molecule has 0 unspecified atom stereocenters. The Morgan fingerprint density at radius 1 is 1.62 bits per heavy atom. The Labute approximate surface area is 51.5 Å². The highest BCUT2D eigenvalue weighted by molar-refractivity contribution is 6.28. The lowest BCUT2D eigenvalue weighted by atomic mass is 10.6. The predicted octanol–water partition coefficient (Wildman–Crippen LogP) is 2.48.